The first-order valence-corrected chi connectivity index (χ1v) is 8.37. The molecule has 1 heterocycles. The van der Waals surface area contributed by atoms with Crippen molar-refractivity contribution in [3.8, 4) is 5.75 Å². The predicted molar refractivity (Wildman–Crippen MR) is 89.0 cm³/mol. The summed E-state index contributed by atoms with van der Waals surface area (Å²) < 4.78 is 5.45. The van der Waals surface area contributed by atoms with Gasteiger partial charge in [-0.25, -0.2) is 9.97 Å². The van der Waals surface area contributed by atoms with Crippen molar-refractivity contribution in [2.24, 2.45) is 0 Å². The van der Waals surface area contributed by atoms with E-state index in [0.29, 0.717) is 6.04 Å². The van der Waals surface area contributed by atoms with E-state index in [0.717, 1.165) is 23.7 Å². The lowest BCUT2D eigenvalue weighted by molar-refractivity contribution is 0.406. The van der Waals surface area contributed by atoms with Crippen LogP contribution >= 0.6 is 0 Å². The third-order valence-corrected chi connectivity index (χ3v) is 3.79. The Hall–Kier alpha value is -1.32. The lowest BCUT2D eigenvalue weighted by Gasteiger charge is -2.17. The maximum Gasteiger partial charge on any atom is 0.182 e. The number of nitrogens with zero attached hydrogens (tertiary/aromatic N) is 2. The van der Waals surface area contributed by atoms with Gasteiger partial charge in [-0.3, -0.25) is 0 Å². The molecule has 0 radical (unpaired) electrons. The Balaban J connectivity index is 2.39. The number of aryl methyl sites for hydroxylation is 1. The number of aromatic nitrogens is 2. The number of rotatable bonds is 11. The second kappa shape index (κ2) is 10.4. The predicted octanol–water partition coefficient (Wildman–Crippen LogP) is 4.60. The molecule has 0 bridgehead atoms. The van der Waals surface area contributed by atoms with E-state index in [1.165, 1.54) is 44.9 Å². The molecule has 0 aromatic carbocycles. The highest BCUT2D eigenvalue weighted by atomic mass is 16.5. The van der Waals surface area contributed by atoms with Gasteiger partial charge in [0.15, 0.2) is 11.6 Å². The first-order chi connectivity index (χ1) is 10.2. The lowest BCUT2D eigenvalue weighted by atomic mass is 10.1. The minimum absolute atomic E-state index is 0.407. The van der Waals surface area contributed by atoms with Crippen LogP contribution in [0.3, 0.4) is 0 Å². The van der Waals surface area contributed by atoms with E-state index in [1.54, 1.807) is 13.4 Å². The van der Waals surface area contributed by atoms with Crippen molar-refractivity contribution in [1.82, 2.24) is 9.97 Å². The Morgan fingerprint density at radius 1 is 1.10 bits per heavy atom. The van der Waals surface area contributed by atoms with Crippen LogP contribution in [0.25, 0.3) is 0 Å². The zero-order valence-electron chi connectivity index (χ0n) is 14.1. The molecule has 1 aromatic heterocycles. The third kappa shape index (κ3) is 6.32. The van der Waals surface area contributed by atoms with Gasteiger partial charge in [0.2, 0.25) is 0 Å². The van der Waals surface area contributed by atoms with Crippen molar-refractivity contribution in [2.45, 2.75) is 78.2 Å². The van der Waals surface area contributed by atoms with Crippen LogP contribution in [0.15, 0.2) is 6.33 Å². The fourth-order valence-corrected chi connectivity index (χ4v) is 2.52. The van der Waals surface area contributed by atoms with Crippen molar-refractivity contribution in [2.75, 3.05) is 12.4 Å². The largest absolute Gasteiger partial charge is 0.491 e. The maximum absolute atomic E-state index is 5.45. The molecule has 1 unspecified atom stereocenters. The smallest absolute Gasteiger partial charge is 0.182 e. The van der Waals surface area contributed by atoms with Crippen molar-refractivity contribution in [1.29, 1.82) is 0 Å². The van der Waals surface area contributed by atoms with Crippen LogP contribution in [-0.4, -0.2) is 23.1 Å². The van der Waals surface area contributed by atoms with Crippen molar-refractivity contribution in [3.63, 3.8) is 0 Å². The number of hydrogen-bond acceptors (Lipinski definition) is 4. The number of methoxy groups -OCH3 is 1. The molecule has 0 spiro atoms. The maximum atomic E-state index is 5.45. The number of anilines is 1. The van der Waals surface area contributed by atoms with Crippen molar-refractivity contribution < 1.29 is 4.74 Å². The molecule has 0 saturated heterocycles. The molecular weight excluding hydrogens is 262 g/mol. The SMILES string of the molecule is CCCCCCCCC(C)Nc1ncnc(CC)c1OC. The van der Waals surface area contributed by atoms with Gasteiger partial charge in [0.05, 0.1) is 12.8 Å². The average molecular weight is 293 g/mol. The summed E-state index contributed by atoms with van der Waals surface area (Å²) >= 11 is 0. The average Bonchev–Trinajstić information content (AvgIpc) is 2.50. The minimum Gasteiger partial charge on any atom is -0.491 e. The highest BCUT2D eigenvalue weighted by molar-refractivity contribution is 5.52. The minimum atomic E-state index is 0.407. The molecule has 21 heavy (non-hydrogen) atoms. The molecule has 1 atom stereocenters. The molecule has 1 aromatic rings. The van der Waals surface area contributed by atoms with Crippen molar-refractivity contribution in [3.05, 3.63) is 12.0 Å². The second-order valence-electron chi connectivity index (χ2n) is 5.66. The van der Waals surface area contributed by atoms with E-state index in [-0.39, 0.29) is 0 Å². The van der Waals surface area contributed by atoms with E-state index in [1.807, 2.05) is 0 Å². The monoisotopic (exact) mass is 293 g/mol. The van der Waals surface area contributed by atoms with E-state index >= 15 is 0 Å². The Bertz CT molecular complexity index is 396. The van der Waals surface area contributed by atoms with Crippen LogP contribution in [0, 0.1) is 0 Å². The Kier molecular flexibility index (Phi) is 8.79. The molecule has 1 rings (SSSR count). The standard InChI is InChI=1S/C17H31N3O/c1-5-7-8-9-10-11-12-14(3)20-17-16(21-4)15(6-2)18-13-19-17/h13-14H,5-12H2,1-4H3,(H,18,19,20). The van der Waals surface area contributed by atoms with Gasteiger partial charge in [0, 0.05) is 6.04 Å². The van der Waals surface area contributed by atoms with E-state index < -0.39 is 0 Å². The van der Waals surface area contributed by atoms with Crippen LogP contribution in [0.5, 0.6) is 5.75 Å². The summed E-state index contributed by atoms with van der Waals surface area (Å²) in [4.78, 5) is 8.58. The van der Waals surface area contributed by atoms with Gasteiger partial charge in [-0.1, -0.05) is 52.4 Å². The molecule has 0 aliphatic carbocycles. The zero-order valence-corrected chi connectivity index (χ0v) is 14.1. The number of unbranched alkanes of at least 4 members (excludes halogenated alkanes) is 5. The van der Waals surface area contributed by atoms with Crippen LogP contribution in [0.4, 0.5) is 5.82 Å². The van der Waals surface area contributed by atoms with Crippen LogP contribution in [0.2, 0.25) is 0 Å². The Labute approximate surface area is 129 Å². The molecular formula is C17H31N3O. The molecule has 120 valence electrons. The summed E-state index contributed by atoms with van der Waals surface area (Å²) in [6.07, 6.45) is 11.6. The molecule has 0 fully saturated rings. The Morgan fingerprint density at radius 2 is 1.81 bits per heavy atom. The topological polar surface area (TPSA) is 47.0 Å². The summed E-state index contributed by atoms with van der Waals surface area (Å²) in [7, 11) is 1.68. The number of ether oxygens (including phenoxy) is 1. The quantitative estimate of drug-likeness (QED) is 0.606. The fraction of sp³-hybridized carbons (Fsp3) is 0.765. The highest BCUT2D eigenvalue weighted by Gasteiger charge is 2.12. The van der Waals surface area contributed by atoms with Crippen LogP contribution in [-0.2, 0) is 6.42 Å². The summed E-state index contributed by atoms with van der Waals surface area (Å²) in [5.74, 6) is 1.61. The van der Waals surface area contributed by atoms with Gasteiger partial charge >= 0.3 is 0 Å². The zero-order chi connectivity index (χ0) is 15.5. The summed E-state index contributed by atoms with van der Waals surface area (Å²) in [5.41, 5.74) is 0.960. The van der Waals surface area contributed by atoms with Gasteiger partial charge in [0.25, 0.3) is 0 Å². The fourth-order valence-electron chi connectivity index (χ4n) is 2.52. The van der Waals surface area contributed by atoms with Gasteiger partial charge in [-0.2, -0.15) is 0 Å². The van der Waals surface area contributed by atoms with Gasteiger partial charge < -0.3 is 10.1 Å². The molecule has 0 saturated carbocycles. The molecule has 4 nitrogen and oxygen atoms in total. The number of hydrogen-bond donors (Lipinski definition) is 1. The molecule has 0 aliphatic rings. The Morgan fingerprint density at radius 3 is 2.48 bits per heavy atom. The molecule has 1 N–H and O–H groups in total. The van der Waals surface area contributed by atoms with E-state index in [4.69, 9.17) is 4.74 Å². The summed E-state index contributed by atoms with van der Waals surface area (Å²) in [6, 6.07) is 0.407. The van der Waals surface area contributed by atoms with E-state index in [2.05, 4.69) is 36.1 Å². The first kappa shape index (κ1) is 17.7. The number of nitrogens with one attached hydrogen (secondary N) is 1. The van der Waals surface area contributed by atoms with Gasteiger partial charge in [-0.15, -0.1) is 0 Å². The van der Waals surface area contributed by atoms with Crippen molar-refractivity contribution >= 4 is 5.82 Å². The van der Waals surface area contributed by atoms with Gasteiger partial charge in [-0.05, 0) is 19.8 Å². The highest BCUT2D eigenvalue weighted by Crippen LogP contribution is 2.26. The molecule has 0 amide bonds. The lowest BCUT2D eigenvalue weighted by Crippen LogP contribution is -2.17. The van der Waals surface area contributed by atoms with Crippen LogP contribution < -0.4 is 10.1 Å². The molecule has 0 aliphatic heterocycles. The molecule has 4 heteroatoms. The second-order valence-corrected chi connectivity index (χ2v) is 5.66. The third-order valence-electron chi connectivity index (χ3n) is 3.79. The summed E-state index contributed by atoms with van der Waals surface area (Å²) in [6.45, 7) is 6.54. The summed E-state index contributed by atoms with van der Waals surface area (Å²) in [5, 5.41) is 3.46. The normalized spacial score (nSPS) is 12.2. The first-order valence-electron chi connectivity index (χ1n) is 8.37. The van der Waals surface area contributed by atoms with Gasteiger partial charge in [0.1, 0.15) is 6.33 Å². The van der Waals surface area contributed by atoms with E-state index in [9.17, 15) is 0 Å². The van der Waals surface area contributed by atoms with Crippen LogP contribution in [0.1, 0.15) is 71.4 Å².